The Kier molecular flexibility index (Phi) is 4.14. The number of pyridine rings is 1. The molecule has 5 nitrogen and oxygen atoms in total. The van der Waals surface area contributed by atoms with Crippen molar-refractivity contribution in [3.8, 4) is 0 Å². The maximum Gasteiger partial charge on any atom is 0.270 e. The molecule has 0 fully saturated rings. The molecule has 0 spiro atoms. The van der Waals surface area contributed by atoms with Crippen molar-refractivity contribution in [3.05, 3.63) is 84.0 Å². The highest BCUT2D eigenvalue weighted by atomic mass is 19.1. The second-order valence-electron chi connectivity index (χ2n) is 5.04. The monoisotopic (exact) mass is 310 g/mol. The van der Waals surface area contributed by atoms with E-state index >= 15 is 0 Å². The van der Waals surface area contributed by atoms with Gasteiger partial charge in [0.25, 0.3) is 5.91 Å². The lowest BCUT2D eigenvalue weighted by Gasteiger charge is -2.19. The van der Waals surface area contributed by atoms with Gasteiger partial charge in [-0.3, -0.25) is 9.78 Å². The molecule has 6 heteroatoms. The number of aromatic nitrogens is 3. The van der Waals surface area contributed by atoms with Gasteiger partial charge in [0.05, 0.1) is 0 Å². The number of benzene rings is 1. The molecular weight excluding hydrogens is 295 g/mol. The van der Waals surface area contributed by atoms with Crippen LogP contribution >= 0.6 is 0 Å². The van der Waals surface area contributed by atoms with Crippen molar-refractivity contribution in [1.82, 2.24) is 19.9 Å². The van der Waals surface area contributed by atoms with Gasteiger partial charge in [-0.1, -0.05) is 24.3 Å². The maximum atomic E-state index is 14.2. The van der Waals surface area contributed by atoms with Gasteiger partial charge < -0.3 is 9.88 Å². The van der Waals surface area contributed by atoms with E-state index in [-0.39, 0.29) is 11.6 Å². The highest BCUT2D eigenvalue weighted by Crippen LogP contribution is 2.23. The van der Waals surface area contributed by atoms with E-state index in [4.69, 9.17) is 0 Å². The van der Waals surface area contributed by atoms with Crippen LogP contribution in [0, 0.1) is 5.82 Å². The molecular formula is C17H15FN4O. The number of halogens is 1. The smallest absolute Gasteiger partial charge is 0.270 e. The normalized spacial score (nSPS) is 11.9. The molecule has 3 rings (SSSR count). The summed E-state index contributed by atoms with van der Waals surface area (Å²) >= 11 is 0. The molecule has 0 unspecified atom stereocenters. The van der Waals surface area contributed by atoms with Crippen LogP contribution in [0.1, 0.15) is 27.9 Å². The van der Waals surface area contributed by atoms with E-state index in [0.29, 0.717) is 11.4 Å². The lowest BCUT2D eigenvalue weighted by Crippen LogP contribution is -2.32. The van der Waals surface area contributed by atoms with E-state index in [1.54, 1.807) is 60.4 Å². The quantitative estimate of drug-likeness (QED) is 0.805. The van der Waals surface area contributed by atoms with Crippen LogP contribution in [-0.2, 0) is 7.05 Å². The van der Waals surface area contributed by atoms with Crippen molar-refractivity contribution in [2.45, 2.75) is 6.04 Å². The summed E-state index contributed by atoms with van der Waals surface area (Å²) in [5.41, 5.74) is 0.620. The summed E-state index contributed by atoms with van der Waals surface area (Å²) in [6.07, 6.45) is 4.89. The van der Waals surface area contributed by atoms with Crippen LogP contribution in [0.3, 0.4) is 0 Å². The van der Waals surface area contributed by atoms with Crippen LogP contribution in [-0.4, -0.2) is 20.4 Å². The predicted octanol–water partition coefficient (Wildman–Crippen LogP) is 2.47. The fraction of sp³-hybridized carbons (Fsp3) is 0.118. The molecule has 0 aliphatic carbocycles. The van der Waals surface area contributed by atoms with Gasteiger partial charge in [-0.2, -0.15) is 0 Å². The summed E-state index contributed by atoms with van der Waals surface area (Å²) in [6, 6.07) is 10.7. The van der Waals surface area contributed by atoms with Crippen molar-refractivity contribution in [2.24, 2.45) is 7.05 Å². The Bertz CT molecular complexity index is 816. The summed E-state index contributed by atoms with van der Waals surface area (Å²) in [5.74, 6) is -0.247. The van der Waals surface area contributed by atoms with Crippen LogP contribution in [0.5, 0.6) is 0 Å². The molecule has 1 aromatic carbocycles. The number of rotatable bonds is 4. The van der Waals surface area contributed by atoms with Crippen LogP contribution in [0.25, 0.3) is 0 Å². The van der Waals surface area contributed by atoms with E-state index in [1.807, 2.05) is 0 Å². The molecule has 1 atom stereocenters. The minimum atomic E-state index is -0.703. The fourth-order valence-corrected chi connectivity index (χ4v) is 2.35. The Morgan fingerprint density at radius 2 is 1.91 bits per heavy atom. The molecule has 0 aliphatic rings. The van der Waals surface area contributed by atoms with Crippen LogP contribution < -0.4 is 5.32 Å². The third kappa shape index (κ3) is 3.11. The molecule has 2 heterocycles. The van der Waals surface area contributed by atoms with E-state index in [0.717, 1.165) is 0 Å². The van der Waals surface area contributed by atoms with Gasteiger partial charge in [-0.25, -0.2) is 9.37 Å². The van der Waals surface area contributed by atoms with Gasteiger partial charge in [0, 0.05) is 31.2 Å². The molecule has 0 saturated heterocycles. The largest absolute Gasteiger partial charge is 0.337 e. The van der Waals surface area contributed by atoms with E-state index < -0.39 is 11.9 Å². The number of carbonyl (C=O) groups excluding carboxylic acids is 1. The average molecular weight is 310 g/mol. The molecule has 0 radical (unpaired) electrons. The van der Waals surface area contributed by atoms with E-state index in [1.165, 1.54) is 12.3 Å². The number of imidazole rings is 1. The summed E-state index contributed by atoms with van der Waals surface area (Å²) < 4.78 is 16.0. The molecule has 0 bridgehead atoms. The zero-order valence-electron chi connectivity index (χ0n) is 12.5. The van der Waals surface area contributed by atoms with Crippen molar-refractivity contribution in [1.29, 1.82) is 0 Å². The highest BCUT2D eigenvalue weighted by Gasteiger charge is 2.24. The van der Waals surface area contributed by atoms with Gasteiger partial charge in [0.15, 0.2) is 0 Å². The van der Waals surface area contributed by atoms with Gasteiger partial charge >= 0.3 is 0 Å². The fourth-order valence-electron chi connectivity index (χ4n) is 2.35. The molecule has 0 saturated carbocycles. The zero-order chi connectivity index (χ0) is 16.2. The van der Waals surface area contributed by atoms with Crippen molar-refractivity contribution < 1.29 is 9.18 Å². The topological polar surface area (TPSA) is 59.8 Å². The van der Waals surface area contributed by atoms with Crippen LogP contribution in [0.15, 0.2) is 61.1 Å². The summed E-state index contributed by atoms with van der Waals surface area (Å²) in [5, 5.41) is 2.81. The first-order valence-corrected chi connectivity index (χ1v) is 7.10. The number of nitrogens with zero attached hydrogens (tertiary/aromatic N) is 3. The molecule has 2 aromatic heterocycles. The standard InChI is InChI=1S/C17H15FN4O/c1-22-11-10-20-16(22)15(12-6-2-3-7-13(12)18)21-17(23)14-8-4-5-9-19-14/h2-11,15H,1H3,(H,21,23)/t15-/m0/s1. The first kappa shape index (κ1) is 14.9. The summed E-state index contributed by atoms with van der Waals surface area (Å²) in [7, 11) is 1.79. The first-order chi connectivity index (χ1) is 11.2. The average Bonchev–Trinajstić information content (AvgIpc) is 3.00. The van der Waals surface area contributed by atoms with Crippen LogP contribution in [0.4, 0.5) is 4.39 Å². The SMILES string of the molecule is Cn1ccnc1[C@@H](NC(=O)c1ccccn1)c1ccccc1F. The second-order valence-corrected chi connectivity index (χ2v) is 5.04. The Balaban J connectivity index is 1.98. The van der Waals surface area contributed by atoms with Gasteiger partial charge in [-0.05, 0) is 18.2 Å². The molecule has 3 aromatic rings. The number of carbonyl (C=O) groups is 1. The third-order valence-electron chi connectivity index (χ3n) is 3.51. The number of aryl methyl sites for hydroxylation is 1. The summed E-state index contributed by atoms with van der Waals surface area (Å²) in [6.45, 7) is 0. The third-order valence-corrected chi connectivity index (χ3v) is 3.51. The molecule has 0 aliphatic heterocycles. The Morgan fingerprint density at radius 1 is 1.13 bits per heavy atom. The highest BCUT2D eigenvalue weighted by molar-refractivity contribution is 5.92. The van der Waals surface area contributed by atoms with Gasteiger partial charge in [0.1, 0.15) is 23.4 Å². The first-order valence-electron chi connectivity index (χ1n) is 7.10. The van der Waals surface area contributed by atoms with E-state index in [2.05, 4.69) is 15.3 Å². The Labute approximate surface area is 132 Å². The van der Waals surface area contributed by atoms with Crippen LogP contribution in [0.2, 0.25) is 0 Å². The number of nitrogens with one attached hydrogen (secondary N) is 1. The molecule has 1 N–H and O–H groups in total. The van der Waals surface area contributed by atoms with Gasteiger partial charge in [0.2, 0.25) is 0 Å². The minimum absolute atomic E-state index is 0.267. The second kappa shape index (κ2) is 6.39. The Morgan fingerprint density at radius 3 is 2.57 bits per heavy atom. The van der Waals surface area contributed by atoms with Gasteiger partial charge in [-0.15, -0.1) is 0 Å². The zero-order valence-corrected chi connectivity index (χ0v) is 12.5. The lowest BCUT2D eigenvalue weighted by molar-refractivity contribution is 0.0935. The van der Waals surface area contributed by atoms with Crippen molar-refractivity contribution >= 4 is 5.91 Å². The molecule has 23 heavy (non-hydrogen) atoms. The number of hydrogen-bond acceptors (Lipinski definition) is 3. The predicted molar refractivity (Wildman–Crippen MR) is 83.2 cm³/mol. The number of hydrogen-bond donors (Lipinski definition) is 1. The van der Waals surface area contributed by atoms with E-state index in [9.17, 15) is 9.18 Å². The Hall–Kier alpha value is -3.02. The maximum absolute atomic E-state index is 14.2. The summed E-state index contributed by atoms with van der Waals surface area (Å²) in [4.78, 5) is 20.7. The van der Waals surface area contributed by atoms with Crippen molar-refractivity contribution in [2.75, 3.05) is 0 Å². The van der Waals surface area contributed by atoms with Crippen molar-refractivity contribution in [3.63, 3.8) is 0 Å². The molecule has 116 valence electrons. The molecule has 1 amide bonds. The lowest BCUT2D eigenvalue weighted by atomic mass is 10.1. The minimum Gasteiger partial charge on any atom is -0.337 e. The number of amides is 1.